The summed E-state index contributed by atoms with van der Waals surface area (Å²) in [5.74, 6) is 0.803. The molecule has 1 aromatic carbocycles. The minimum atomic E-state index is -0.0863. The number of ether oxygens (including phenoxy) is 1. The fourth-order valence-corrected chi connectivity index (χ4v) is 3.77. The van der Waals surface area contributed by atoms with E-state index in [1.165, 1.54) is 0 Å². The van der Waals surface area contributed by atoms with Crippen LogP contribution in [0.1, 0.15) is 19.3 Å². The van der Waals surface area contributed by atoms with Crippen LogP contribution in [0.2, 0.25) is 0 Å². The van der Waals surface area contributed by atoms with E-state index in [9.17, 15) is 9.59 Å². The van der Waals surface area contributed by atoms with Crippen molar-refractivity contribution in [2.24, 2.45) is 11.3 Å². The van der Waals surface area contributed by atoms with Crippen molar-refractivity contribution in [3.05, 3.63) is 18.2 Å². The maximum atomic E-state index is 12.5. The number of nitrogens with zero attached hydrogens (tertiary/aromatic N) is 1. The van der Waals surface area contributed by atoms with Gasteiger partial charge in [0.15, 0.2) is 6.61 Å². The maximum Gasteiger partial charge on any atom is 0.264 e. The van der Waals surface area contributed by atoms with Gasteiger partial charge in [-0.05, 0) is 56.0 Å². The predicted octanol–water partition coefficient (Wildman–Crippen LogP) is 1.37. The van der Waals surface area contributed by atoms with Crippen LogP contribution in [0.15, 0.2) is 18.2 Å². The van der Waals surface area contributed by atoms with Crippen molar-refractivity contribution < 1.29 is 14.3 Å². The zero-order valence-corrected chi connectivity index (χ0v) is 13.2. The average Bonchev–Trinajstić information content (AvgIpc) is 3.25. The van der Waals surface area contributed by atoms with E-state index in [0.29, 0.717) is 11.4 Å². The number of carbonyl (C=O) groups is 2. The lowest BCUT2D eigenvalue weighted by Crippen LogP contribution is -2.35. The van der Waals surface area contributed by atoms with Crippen LogP contribution in [-0.2, 0) is 9.59 Å². The van der Waals surface area contributed by atoms with E-state index < -0.39 is 0 Å². The zero-order valence-electron chi connectivity index (χ0n) is 13.2. The summed E-state index contributed by atoms with van der Waals surface area (Å²) in [6.07, 6.45) is 3.16. The quantitative estimate of drug-likeness (QED) is 0.865. The normalized spacial score (nSPS) is 24.8. The summed E-state index contributed by atoms with van der Waals surface area (Å²) in [4.78, 5) is 25.8. The van der Waals surface area contributed by atoms with Gasteiger partial charge in [0.05, 0.1) is 5.69 Å². The molecule has 6 nitrogen and oxygen atoms in total. The Bertz CT molecular complexity index is 667. The van der Waals surface area contributed by atoms with Crippen LogP contribution >= 0.6 is 0 Å². The maximum absolute atomic E-state index is 12.5. The van der Waals surface area contributed by atoms with E-state index in [4.69, 9.17) is 4.74 Å². The highest BCUT2D eigenvalue weighted by molar-refractivity contribution is 6.00. The van der Waals surface area contributed by atoms with E-state index in [0.717, 1.165) is 38.0 Å². The first-order valence-corrected chi connectivity index (χ1v) is 8.14. The Morgan fingerprint density at radius 3 is 2.96 bits per heavy atom. The molecule has 23 heavy (non-hydrogen) atoms. The summed E-state index contributed by atoms with van der Waals surface area (Å²) in [6.45, 7) is 2.08. The molecule has 122 valence electrons. The number of likely N-dealkylation sites (N-methyl/N-ethyl adjacent to an activating group) is 1. The van der Waals surface area contributed by atoms with Crippen LogP contribution in [0.4, 0.5) is 11.4 Å². The lowest BCUT2D eigenvalue weighted by Gasteiger charge is -2.26. The molecule has 1 saturated carbocycles. The molecule has 0 bridgehead atoms. The van der Waals surface area contributed by atoms with E-state index in [1.807, 2.05) is 12.1 Å². The third-order valence-corrected chi connectivity index (χ3v) is 5.42. The highest BCUT2D eigenvalue weighted by atomic mass is 16.5. The smallest absolute Gasteiger partial charge is 0.264 e. The summed E-state index contributed by atoms with van der Waals surface area (Å²) in [5.41, 5.74) is 1.64. The number of nitrogens with one attached hydrogen (secondary N) is 2. The topological polar surface area (TPSA) is 70.7 Å². The number of carbonyl (C=O) groups excluding carboxylic acids is 2. The molecule has 1 aliphatic carbocycles. The Balaban J connectivity index is 1.47. The molecule has 3 aliphatic rings. The van der Waals surface area contributed by atoms with E-state index in [1.54, 1.807) is 18.0 Å². The molecule has 2 N–H and O–H groups in total. The molecule has 2 fully saturated rings. The van der Waals surface area contributed by atoms with E-state index in [2.05, 4.69) is 10.6 Å². The molecular formula is C17H21N3O3. The van der Waals surface area contributed by atoms with Gasteiger partial charge in [0, 0.05) is 18.7 Å². The van der Waals surface area contributed by atoms with Crippen LogP contribution in [0.3, 0.4) is 0 Å². The van der Waals surface area contributed by atoms with E-state index >= 15 is 0 Å². The molecule has 2 aliphatic heterocycles. The van der Waals surface area contributed by atoms with Crippen molar-refractivity contribution >= 4 is 23.2 Å². The van der Waals surface area contributed by atoms with Crippen molar-refractivity contribution in [3.8, 4) is 5.75 Å². The second kappa shape index (κ2) is 5.23. The number of anilines is 2. The number of fused-ring (bicyclic) bond motifs is 1. The van der Waals surface area contributed by atoms with Crippen molar-refractivity contribution in [3.63, 3.8) is 0 Å². The van der Waals surface area contributed by atoms with Gasteiger partial charge >= 0.3 is 0 Å². The SMILES string of the molecule is CN1C(=O)COc2ccc(NC(=O)C3CC34CCNCC4)cc21. The van der Waals surface area contributed by atoms with Gasteiger partial charge in [-0.15, -0.1) is 0 Å². The summed E-state index contributed by atoms with van der Waals surface area (Å²) >= 11 is 0. The first-order valence-electron chi connectivity index (χ1n) is 8.14. The summed E-state index contributed by atoms with van der Waals surface area (Å²) in [7, 11) is 1.72. The number of benzene rings is 1. The minimum absolute atomic E-state index is 0.0633. The van der Waals surface area contributed by atoms with Crippen molar-refractivity contribution in [2.75, 3.05) is 37.0 Å². The lowest BCUT2D eigenvalue weighted by molar-refractivity contribution is -0.121. The minimum Gasteiger partial charge on any atom is -0.482 e. The van der Waals surface area contributed by atoms with E-state index in [-0.39, 0.29) is 29.8 Å². The molecule has 4 rings (SSSR count). The average molecular weight is 315 g/mol. The molecule has 1 unspecified atom stereocenters. The Morgan fingerprint density at radius 2 is 2.17 bits per heavy atom. The Morgan fingerprint density at radius 1 is 1.39 bits per heavy atom. The number of hydrogen-bond donors (Lipinski definition) is 2. The molecule has 0 aromatic heterocycles. The van der Waals surface area contributed by atoms with Gasteiger partial charge in [-0.3, -0.25) is 9.59 Å². The second-order valence-electron chi connectivity index (χ2n) is 6.78. The largest absolute Gasteiger partial charge is 0.482 e. The van der Waals surface area contributed by atoms with Crippen molar-refractivity contribution in [1.82, 2.24) is 5.32 Å². The Hall–Kier alpha value is -2.08. The molecule has 1 aromatic rings. The van der Waals surface area contributed by atoms with Gasteiger partial charge in [0.25, 0.3) is 5.91 Å². The van der Waals surface area contributed by atoms with Crippen LogP contribution in [0, 0.1) is 11.3 Å². The fourth-order valence-electron chi connectivity index (χ4n) is 3.77. The highest BCUT2D eigenvalue weighted by Gasteiger charge is 2.57. The van der Waals surface area contributed by atoms with Crippen LogP contribution in [0.25, 0.3) is 0 Å². The molecular weight excluding hydrogens is 294 g/mol. The molecule has 1 spiro atoms. The molecule has 1 saturated heterocycles. The van der Waals surface area contributed by atoms with Gasteiger partial charge in [-0.25, -0.2) is 0 Å². The number of amides is 2. The first-order chi connectivity index (χ1) is 11.1. The Kier molecular flexibility index (Phi) is 3.30. The molecule has 6 heteroatoms. The number of piperidine rings is 1. The highest BCUT2D eigenvalue weighted by Crippen LogP contribution is 2.58. The third kappa shape index (κ3) is 2.47. The van der Waals surface area contributed by atoms with Crippen molar-refractivity contribution in [1.29, 1.82) is 0 Å². The molecule has 1 atom stereocenters. The van der Waals surface area contributed by atoms with Gasteiger partial charge in [-0.2, -0.15) is 0 Å². The zero-order chi connectivity index (χ0) is 16.0. The van der Waals surface area contributed by atoms with Crippen LogP contribution < -0.4 is 20.3 Å². The first kappa shape index (κ1) is 14.5. The predicted molar refractivity (Wildman–Crippen MR) is 86.6 cm³/mol. The lowest BCUT2D eigenvalue weighted by atomic mass is 9.92. The second-order valence-corrected chi connectivity index (χ2v) is 6.78. The van der Waals surface area contributed by atoms with Gasteiger partial charge < -0.3 is 20.3 Å². The molecule has 0 radical (unpaired) electrons. The van der Waals surface area contributed by atoms with Crippen molar-refractivity contribution in [2.45, 2.75) is 19.3 Å². The monoisotopic (exact) mass is 315 g/mol. The standard InChI is InChI=1S/C17H21N3O3/c1-20-13-8-11(2-3-14(13)23-10-15(20)21)19-16(22)12-9-17(12)4-6-18-7-5-17/h2-3,8,12,18H,4-7,9-10H2,1H3,(H,19,22). The third-order valence-electron chi connectivity index (χ3n) is 5.42. The van der Waals surface area contributed by atoms with Gasteiger partial charge in [0.2, 0.25) is 5.91 Å². The van der Waals surface area contributed by atoms with Gasteiger partial charge in [0.1, 0.15) is 5.75 Å². The summed E-state index contributed by atoms with van der Waals surface area (Å²) < 4.78 is 5.41. The number of hydrogen-bond acceptors (Lipinski definition) is 4. The summed E-state index contributed by atoms with van der Waals surface area (Å²) in [5, 5.41) is 6.36. The van der Waals surface area contributed by atoms with Gasteiger partial charge in [-0.1, -0.05) is 0 Å². The fraction of sp³-hybridized carbons (Fsp3) is 0.529. The number of rotatable bonds is 2. The molecule has 2 heterocycles. The van der Waals surface area contributed by atoms with Crippen LogP contribution in [-0.4, -0.2) is 38.6 Å². The summed E-state index contributed by atoms with van der Waals surface area (Å²) in [6, 6.07) is 5.45. The molecule has 2 amide bonds. The van der Waals surface area contributed by atoms with Crippen LogP contribution in [0.5, 0.6) is 5.75 Å². The Labute approximate surface area is 135 Å².